The second-order valence-corrected chi connectivity index (χ2v) is 6.75. The molecule has 0 unspecified atom stereocenters. The summed E-state index contributed by atoms with van der Waals surface area (Å²) in [7, 11) is 0. The van der Waals surface area contributed by atoms with Gasteiger partial charge < -0.3 is 10.6 Å². The maximum Gasteiger partial charge on any atom is 0.280 e. The molecule has 0 atom stereocenters. The van der Waals surface area contributed by atoms with E-state index >= 15 is 0 Å². The Balaban J connectivity index is 1.68. The number of nitrogens with one attached hydrogen (secondary N) is 2. The third kappa shape index (κ3) is 3.08. The summed E-state index contributed by atoms with van der Waals surface area (Å²) < 4.78 is 27.8. The first-order valence-corrected chi connectivity index (χ1v) is 8.53. The molecule has 0 spiro atoms. The van der Waals surface area contributed by atoms with Gasteiger partial charge in [-0.25, -0.2) is 13.5 Å². The number of nitrogens with zero attached hydrogens (tertiary/aromatic N) is 2. The molecule has 2 heterocycles. The van der Waals surface area contributed by atoms with Crippen molar-refractivity contribution in [2.45, 2.75) is 19.3 Å². The number of aromatic nitrogens is 2. The van der Waals surface area contributed by atoms with Crippen LogP contribution < -0.4 is 10.6 Å². The number of benzene rings is 1. The first-order valence-electron chi connectivity index (χ1n) is 7.77. The molecule has 9 heteroatoms. The number of anilines is 2. The van der Waals surface area contributed by atoms with Gasteiger partial charge in [-0.1, -0.05) is 23.2 Å². The first-order chi connectivity index (χ1) is 12.4. The van der Waals surface area contributed by atoms with Gasteiger partial charge in [-0.15, -0.1) is 0 Å². The number of allylic oxidation sites excluding steroid dienone is 3. The van der Waals surface area contributed by atoms with E-state index in [-0.39, 0.29) is 22.1 Å². The van der Waals surface area contributed by atoms with Crippen LogP contribution in [0.15, 0.2) is 41.7 Å². The van der Waals surface area contributed by atoms with Gasteiger partial charge in [-0.05, 0) is 42.7 Å². The molecule has 4 rings (SSSR count). The van der Waals surface area contributed by atoms with Crippen LogP contribution in [0.4, 0.5) is 20.3 Å². The van der Waals surface area contributed by atoms with Crippen molar-refractivity contribution in [2.75, 3.05) is 10.6 Å². The molecule has 5 nitrogen and oxygen atoms in total. The number of carbonyl (C=O) groups is 1. The number of hydrogen-bond donors (Lipinski definition) is 2. The minimum absolute atomic E-state index is 0.140. The van der Waals surface area contributed by atoms with E-state index in [1.807, 2.05) is 0 Å². The average Bonchev–Trinajstić information content (AvgIpc) is 3.35. The van der Waals surface area contributed by atoms with Gasteiger partial charge in [0.2, 0.25) is 0 Å². The Labute approximate surface area is 157 Å². The summed E-state index contributed by atoms with van der Waals surface area (Å²) in [6.07, 6.45) is 1.62. The molecule has 0 saturated heterocycles. The lowest BCUT2D eigenvalue weighted by Crippen LogP contribution is -2.20. The van der Waals surface area contributed by atoms with E-state index in [4.69, 9.17) is 23.2 Å². The largest absolute Gasteiger partial charge is 0.339 e. The van der Waals surface area contributed by atoms with E-state index in [2.05, 4.69) is 15.7 Å². The number of alkyl halides is 2. The maximum absolute atomic E-state index is 13.4. The first kappa shape index (κ1) is 17.1. The molecule has 1 fully saturated rings. The summed E-state index contributed by atoms with van der Waals surface area (Å²) in [6, 6.07) is 4.65. The van der Waals surface area contributed by atoms with Crippen LogP contribution in [0, 0.1) is 0 Å². The number of hydrogen-bond acceptors (Lipinski definition) is 3. The highest BCUT2D eigenvalue weighted by Gasteiger charge is 2.30. The van der Waals surface area contributed by atoms with Crippen molar-refractivity contribution >= 4 is 46.3 Å². The van der Waals surface area contributed by atoms with Crippen LogP contribution in [0.5, 0.6) is 0 Å². The summed E-state index contributed by atoms with van der Waals surface area (Å²) in [5, 5.41) is 10.3. The van der Waals surface area contributed by atoms with Crippen molar-refractivity contribution in [1.82, 2.24) is 9.78 Å². The second kappa shape index (κ2) is 6.41. The molecular formula is C17H12Cl2F2N4O. The number of halogens is 4. The van der Waals surface area contributed by atoms with Gasteiger partial charge in [0.1, 0.15) is 17.1 Å². The minimum Gasteiger partial charge on any atom is -0.339 e. The fourth-order valence-corrected chi connectivity index (χ4v) is 3.12. The Hall–Kier alpha value is -2.38. The fourth-order valence-electron chi connectivity index (χ4n) is 2.66. The van der Waals surface area contributed by atoms with E-state index in [1.54, 1.807) is 12.1 Å². The third-order valence-electron chi connectivity index (χ3n) is 4.09. The molecule has 1 aliphatic heterocycles. The second-order valence-electron chi connectivity index (χ2n) is 5.91. The number of amides is 1. The lowest BCUT2D eigenvalue weighted by atomic mass is 10.2. The highest BCUT2D eigenvalue weighted by atomic mass is 35.5. The molecule has 134 valence electrons. The summed E-state index contributed by atoms with van der Waals surface area (Å²) in [5.74, 6) is -0.307. The van der Waals surface area contributed by atoms with Crippen molar-refractivity contribution in [3.05, 3.63) is 57.4 Å². The molecule has 2 aliphatic rings. The SMILES string of the molecule is O=C(Nc1ccc(Cl)cc1Cl)c1cnn2c1NC(=C1CC1)C=C2C(F)F. The molecule has 2 aromatic rings. The zero-order valence-electron chi connectivity index (χ0n) is 13.2. The molecule has 0 bridgehead atoms. The Morgan fingerprint density at radius 3 is 2.73 bits per heavy atom. The summed E-state index contributed by atoms with van der Waals surface area (Å²) in [4.78, 5) is 12.6. The van der Waals surface area contributed by atoms with Crippen molar-refractivity contribution < 1.29 is 13.6 Å². The lowest BCUT2D eigenvalue weighted by molar-refractivity contribution is 0.102. The van der Waals surface area contributed by atoms with Gasteiger partial charge >= 0.3 is 0 Å². The Morgan fingerprint density at radius 1 is 1.31 bits per heavy atom. The zero-order valence-corrected chi connectivity index (χ0v) is 14.7. The number of fused-ring (bicyclic) bond motifs is 1. The quantitative estimate of drug-likeness (QED) is 0.765. The Bertz CT molecular complexity index is 975. The van der Waals surface area contributed by atoms with Gasteiger partial charge in [0.15, 0.2) is 0 Å². The lowest BCUT2D eigenvalue weighted by Gasteiger charge is -2.20. The van der Waals surface area contributed by atoms with Gasteiger partial charge in [-0.2, -0.15) is 5.10 Å². The van der Waals surface area contributed by atoms with E-state index < -0.39 is 12.3 Å². The molecule has 1 aromatic carbocycles. The molecule has 26 heavy (non-hydrogen) atoms. The average molecular weight is 397 g/mol. The highest BCUT2D eigenvalue weighted by Crippen LogP contribution is 2.38. The van der Waals surface area contributed by atoms with E-state index in [9.17, 15) is 13.6 Å². The Morgan fingerprint density at radius 2 is 2.08 bits per heavy atom. The molecular weight excluding hydrogens is 385 g/mol. The third-order valence-corrected chi connectivity index (χ3v) is 4.64. The predicted molar refractivity (Wildman–Crippen MR) is 96.8 cm³/mol. The normalized spacial score (nSPS) is 15.5. The minimum atomic E-state index is -2.72. The Kier molecular flexibility index (Phi) is 4.20. The number of rotatable bonds is 3. The molecule has 2 N–H and O–H groups in total. The monoisotopic (exact) mass is 396 g/mol. The van der Waals surface area contributed by atoms with Crippen LogP contribution in [0.1, 0.15) is 23.2 Å². The van der Waals surface area contributed by atoms with Gasteiger partial charge in [0.05, 0.1) is 16.9 Å². The smallest absolute Gasteiger partial charge is 0.280 e. The van der Waals surface area contributed by atoms with Crippen molar-refractivity contribution in [1.29, 1.82) is 0 Å². The van der Waals surface area contributed by atoms with Crippen molar-refractivity contribution in [2.24, 2.45) is 0 Å². The standard InChI is InChI=1S/C17H12Cl2F2N4O/c18-9-3-4-12(11(19)5-9)24-17(26)10-7-22-25-14(15(20)21)6-13(8-1-2-8)23-16(10)25/h3-7,15,23H,1-2H2,(H,24,26). The topological polar surface area (TPSA) is 59.0 Å². The van der Waals surface area contributed by atoms with Crippen LogP contribution >= 0.6 is 23.2 Å². The van der Waals surface area contributed by atoms with Crippen molar-refractivity contribution in [3.63, 3.8) is 0 Å². The predicted octanol–water partition coefficient (Wildman–Crippen LogP) is 5.02. The summed E-state index contributed by atoms with van der Waals surface area (Å²) in [6.45, 7) is 0. The molecule has 1 aromatic heterocycles. The van der Waals surface area contributed by atoms with E-state index in [0.29, 0.717) is 16.4 Å². The molecule has 1 amide bonds. The fraction of sp³-hybridized carbons (Fsp3) is 0.176. The van der Waals surface area contributed by atoms with Crippen LogP contribution in [0.2, 0.25) is 10.0 Å². The molecule has 1 aliphatic carbocycles. The molecule has 0 radical (unpaired) electrons. The van der Waals surface area contributed by atoms with Crippen LogP contribution in [0.25, 0.3) is 5.70 Å². The maximum atomic E-state index is 13.4. The number of carbonyl (C=O) groups excluding carboxylic acids is 1. The van der Waals surface area contributed by atoms with Crippen LogP contribution in [-0.2, 0) is 0 Å². The highest BCUT2D eigenvalue weighted by molar-refractivity contribution is 6.36. The summed E-state index contributed by atoms with van der Waals surface area (Å²) in [5.41, 5.74) is 1.88. The van der Waals surface area contributed by atoms with Gasteiger partial charge in [0.25, 0.3) is 12.3 Å². The van der Waals surface area contributed by atoms with Crippen LogP contribution in [0.3, 0.4) is 0 Å². The van der Waals surface area contributed by atoms with Crippen LogP contribution in [-0.4, -0.2) is 22.1 Å². The molecule has 1 saturated carbocycles. The van der Waals surface area contributed by atoms with E-state index in [0.717, 1.165) is 23.1 Å². The van der Waals surface area contributed by atoms with Gasteiger partial charge in [0, 0.05) is 10.7 Å². The zero-order chi connectivity index (χ0) is 18.4. The summed E-state index contributed by atoms with van der Waals surface area (Å²) >= 11 is 11.9. The van der Waals surface area contributed by atoms with Crippen molar-refractivity contribution in [3.8, 4) is 0 Å². The van der Waals surface area contributed by atoms with Gasteiger partial charge in [-0.3, -0.25) is 4.79 Å². The van der Waals surface area contributed by atoms with E-state index in [1.165, 1.54) is 18.3 Å².